The maximum absolute atomic E-state index is 14.7. The predicted octanol–water partition coefficient (Wildman–Crippen LogP) is 6.13. The Bertz CT molecular complexity index is 1930. The fraction of sp³-hybridized carbons (Fsp3) is 0.634. The van der Waals surface area contributed by atoms with Crippen LogP contribution in [-0.4, -0.2) is 89.8 Å². The van der Waals surface area contributed by atoms with Crippen molar-refractivity contribution in [3.63, 3.8) is 0 Å². The van der Waals surface area contributed by atoms with E-state index in [2.05, 4.69) is 27.3 Å². The second-order valence-electron chi connectivity index (χ2n) is 16.3. The Kier molecular flexibility index (Phi) is 13.3. The molecule has 2 aliphatic heterocycles. The normalized spacial score (nSPS) is 28.8. The molecule has 3 heterocycles. The highest BCUT2D eigenvalue weighted by Gasteiger charge is 2.62. The lowest BCUT2D eigenvalue weighted by molar-refractivity contribution is -0.142. The summed E-state index contributed by atoms with van der Waals surface area (Å²) in [7, 11) is -3.90. The number of allylic oxidation sites excluding steroid dienone is 1. The summed E-state index contributed by atoms with van der Waals surface area (Å²) in [4.78, 5) is 62.0. The van der Waals surface area contributed by atoms with Crippen molar-refractivity contribution >= 4 is 44.6 Å². The van der Waals surface area contributed by atoms with Crippen molar-refractivity contribution in [1.29, 1.82) is 0 Å². The van der Waals surface area contributed by atoms with Gasteiger partial charge >= 0.3 is 6.09 Å². The molecule has 15 heteroatoms. The maximum atomic E-state index is 14.7. The summed E-state index contributed by atoms with van der Waals surface area (Å²) in [5.41, 5.74) is -2.33. The lowest BCUT2D eigenvalue weighted by atomic mass is 9.88. The van der Waals surface area contributed by atoms with E-state index < -0.39 is 74.3 Å². The third kappa shape index (κ3) is 10.1. The van der Waals surface area contributed by atoms with Gasteiger partial charge in [-0.2, -0.15) is 0 Å². The van der Waals surface area contributed by atoms with Crippen LogP contribution in [0.4, 0.5) is 4.79 Å². The third-order valence-electron chi connectivity index (χ3n) is 10.6. The number of aromatic nitrogens is 1. The molecule has 2 aliphatic carbocycles. The van der Waals surface area contributed by atoms with E-state index in [0.717, 1.165) is 11.8 Å². The van der Waals surface area contributed by atoms with E-state index in [4.69, 9.17) is 14.2 Å². The SMILES string of the molecule is CC.CCOc1ccc2c(O[C@@H]3C[C@H]4C(=O)N[C@]5(C(=O)NS(=O)(=O)C6CC6)C[C@H]5/C=C\CC[C@@H](C)C[C@@H](C)C(NC(=O)OC(C)(C)C)C(=O)N4C3)nccc2c1.[HH].[HH].[HH]. The number of nitrogens with one attached hydrogen (secondary N) is 3. The third-order valence-corrected chi connectivity index (χ3v) is 12.4. The van der Waals surface area contributed by atoms with Crippen LogP contribution in [0.1, 0.15) is 105 Å². The number of hydrogen-bond acceptors (Lipinski definition) is 10. The van der Waals surface area contributed by atoms with Crippen molar-refractivity contribution in [1.82, 2.24) is 25.2 Å². The first-order valence-corrected chi connectivity index (χ1v) is 21.6. The minimum Gasteiger partial charge on any atom is -0.494 e. The Morgan fingerprint density at radius 3 is 2.50 bits per heavy atom. The molecule has 4 aliphatic rings. The molecular weight excluding hydrogens is 739 g/mol. The van der Waals surface area contributed by atoms with Gasteiger partial charge in [-0.25, -0.2) is 18.2 Å². The number of pyridine rings is 1. The van der Waals surface area contributed by atoms with Crippen LogP contribution in [0.15, 0.2) is 42.6 Å². The number of carbonyl (C=O) groups is 4. The van der Waals surface area contributed by atoms with Gasteiger partial charge in [-0.3, -0.25) is 19.1 Å². The van der Waals surface area contributed by atoms with Crippen LogP contribution in [0, 0.1) is 17.8 Å². The molecule has 56 heavy (non-hydrogen) atoms. The van der Waals surface area contributed by atoms with Crippen molar-refractivity contribution in [2.45, 2.75) is 135 Å². The Balaban J connectivity index is 0.00000236. The van der Waals surface area contributed by atoms with Gasteiger partial charge in [0.25, 0.3) is 5.91 Å². The van der Waals surface area contributed by atoms with Gasteiger partial charge in [0, 0.05) is 28.2 Å². The number of hydrogen-bond donors (Lipinski definition) is 3. The molecular formula is C41H65N5O9S. The summed E-state index contributed by atoms with van der Waals surface area (Å²) in [5.74, 6) is -1.51. The fourth-order valence-corrected chi connectivity index (χ4v) is 8.93. The average molecular weight is 804 g/mol. The minimum atomic E-state index is -3.90. The highest BCUT2D eigenvalue weighted by molar-refractivity contribution is 7.91. The Labute approximate surface area is 335 Å². The number of carbonyl (C=O) groups excluding carboxylic acids is 4. The van der Waals surface area contributed by atoms with Crippen molar-refractivity contribution < 1.29 is 46.1 Å². The molecule has 2 aromatic rings. The topological polar surface area (TPSA) is 182 Å². The number of fused-ring (bicyclic) bond motifs is 3. The summed E-state index contributed by atoms with van der Waals surface area (Å²) in [6, 6.07) is 5.22. The molecule has 3 N–H and O–H groups in total. The molecule has 6 rings (SSSR count). The van der Waals surface area contributed by atoms with Crippen LogP contribution in [0.25, 0.3) is 10.8 Å². The van der Waals surface area contributed by atoms with Crippen LogP contribution in [0.3, 0.4) is 0 Å². The molecule has 14 nitrogen and oxygen atoms in total. The minimum absolute atomic E-state index is 0. The van der Waals surface area contributed by atoms with Crippen molar-refractivity contribution in [2.75, 3.05) is 13.2 Å². The highest BCUT2D eigenvalue weighted by Crippen LogP contribution is 2.46. The van der Waals surface area contributed by atoms with Gasteiger partial charge in [-0.15, -0.1) is 0 Å². The lowest BCUT2D eigenvalue weighted by Gasteiger charge is -2.33. The summed E-state index contributed by atoms with van der Waals surface area (Å²) in [5, 5.41) is 6.62. The zero-order valence-corrected chi connectivity index (χ0v) is 34.7. The molecule has 0 radical (unpaired) electrons. The monoisotopic (exact) mass is 803 g/mol. The number of rotatable bonds is 8. The van der Waals surface area contributed by atoms with Gasteiger partial charge in [-0.1, -0.05) is 39.8 Å². The van der Waals surface area contributed by atoms with E-state index in [0.29, 0.717) is 49.3 Å². The lowest BCUT2D eigenvalue weighted by Crippen LogP contribution is -2.59. The van der Waals surface area contributed by atoms with Crippen LogP contribution in [-0.2, 0) is 29.1 Å². The molecule has 0 bridgehead atoms. The smallest absolute Gasteiger partial charge is 0.408 e. The molecule has 314 valence electrons. The van der Waals surface area contributed by atoms with E-state index in [1.165, 1.54) is 4.90 Å². The maximum Gasteiger partial charge on any atom is 0.408 e. The highest BCUT2D eigenvalue weighted by atomic mass is 32.2. The Hall–Kier alpha value is -4.40. The van der Waals surface area contributed by atoms with Crippen molar-refractivity contribution in [2.24, 2.45) is 17.8 Å². The molecule has 1 saturated heterocycles. The standard InChI is InChI=1S/C39H53N5O9S.C2H6.3H2/c1-7-51-27-12-15-30-25(19-27)16-17-40-34(30)52-28-20-31-33(45)42-39(36(47)43-54(49,50)29-13-14-29)21-26(39)11-9-8-10-23(2)18-24(3)32(35(46)44(31)22-28)41-37(48)53-38(4,5)6;1-2;;;/h9,11-12,15-17,19,23-24,26,28-29,31-32H,7-8,10,13-14,18,20-22H2,1-6H3,(H,41,48)(H,42,45)(H,43,47);1-2H3;3*1H/b11-9-;;;;/t23-,24-,26-,28-,31+,32?,39-;;;;/m1..../s1. The van der Waals surface area contributed by atoms with Crippen LogP contribution < -0.4 is 24.8 Å². The van der Waals surface area contributed by atoms with E-state index in [9.17, 15) is 27.6 Å². The molecule has 0 spiro atoms. The summed E-state index contributed by atoms with van der Waals surface area (Å²) < 4.78 is 45.6. The molecule has 3 fully saturated rings. The van der Waals surface area contributed by atoms with Gasteiger partial charge in [0.2, 0.25) is 27.7 Å². The molecule has 7 atom stereocenters. The first kappa shape index (κ1) is 42.7. The zero-order valence-electron chi connectivity index (χ0n) is 33.9. The van der Waals surface area contributed by atoms with Crippen LogP contribution in [0.5, 0.6) is 11.6 Å². The van der Waals surface area contributed by atoms with Gasteiger partial charge in [-0.05, 0) is 108 Å². The number of amides is 4. The fourth-order valence-electron chi connectivity index (χ4n) is 7.57. The number of alkyl carbamates (subject to hydrolysis) is 1. The summed E-state index contributed by atoms with van der Waals surface area (Å²) >= 11 is 0. The quantitative estimate of drug-likeness (QED) is 0.263. The molecule has 1 aromatic carbocycles. The molecule has 2 saturated carbocycles. The molecule has 1 aromatic heterocycles. The van der Waals surface area contributed by atoms with Gasteiger partial charge in [0.05, 0.1) is 18.4 Å². The second kappa shape index (κ2) is 17.4. The van der Waals surface area contributed by atoms with Crippen molar-refractivity contribution in [3.8, 4) is 11.6 Å². The zero-order chi connectivity index (χ0) is 41.0. The second-order valence-corrected chi connectivity index (χ2v) is 18.3. The largest absolute Gasteiger partial charge is 0.494 e. The van der Waals surface area contributed by atoms with Crippen LogP contribution in [0.2, 0.25) is 0 Å². The number of ether oxygens (including phenoxy) is 3. The predicted molar refractivity (Wildman–Crippen MR) is 219 cm³/mol. The summed E-state index contributed by atoms with van der Waals surface area (Å²) in [6.07, 6.45) is 7.25. The number of nitrogens with zero attached hydrogens (tertiary/aromatic N) is 2. The summed E-state index contributed by atoms with van der Waals surface area (Å²) in [6.45, 7) is 15.6. The average Bonchev–Trinajstić information content (AvgIpc) is 4.06. The first-order valence-electron chi connectivity index (χ1n) is 20.0. The first-order chi connectivity index (χ1) is 26.5. The van der Waals surface area contributed by atoms with E-state index in [1.54, 1.807) is 27.0 Å². The van der Waals surface area contributed by atoms with Crippen molar-refractivity contribution in [3.05, 3.63) is 42.6 Å². The number of sulfonamides is 1. The van der Waals surface area contributed by atoms with Crippen LogP contribution >= 0.6 is 0 Å². The van der Waals surface area contributed by atoms with Gasteiger partial charge in [0.1, 0.15) is 35.1 Å². The van der Waals surface area contributed by atoms with Gasteiger partial charge in [0.15, 0.2) is 0 Å². The number of benzene rings is 1. The van der Waals surface area contributed by atoms with Gasteiger partial charge < -0.3 is 29.7 Å². The molecule has 4 amide bonds. The van der Waals surface area contributed by atoms with E-state index >= 15 is 0 Å². The Morgan fingerprint density at radius 2 is 1.82 bits per heavy atom. The Morgan fingerprint density at radius 1 is 1.09 bits per heavy atom. The molecule has 1 unspecified atom stereocenters. The van der Waals surface area contributed by atoms with E-state index in [-0.39, 0.29) is 35.5 Å². The van der Waals surface area contributed by atoms with E-state index in [1.807, 2.05) is 64.1 Å².